The van der Waals surface area contributed by atoms with Gasteiger partial charge in [0.15, 0.2) is 17.3 Å². The van der Waals surface area contributed by atoms with Crippen molar-refractivity contribution in [1.82, 2.24) is 24.6 Å². The Morgan fingerprint density at radius 3 is 2.52 bits per heavy atom. The molecule has 7 rings (SSSR count). The fraction of sp³-hybridized carbons (Fsp3) is 0.188. The molecule has 1 saturated carbocycles. The van der Waals surface area contributed by atoms with E-state index in [0.717, 1.165) is 6.42 Å². The molecule has 2 aliphatic rings. The number of nitrogens with zero attached hydrogens (tertiary/aromatic N) is 5. The van der Waals surface area contributed by atoms with Crippen molar-refractivity contribution >= 4 is 45.9 Å². The molecule has 3 aromatic carbocycles. The number of carbonyl (C=O) groups is 3. The summed E-state index contributed by atoms with van der Waals surface area (Å²) in [5, 5.41) is 7.91. The maximum Gasteiger partial charge on any atom is 0.269 e. The van der Waals surface area contributed by atoms with Gasteiger partial charge >= 0.3 is 0 Å². The topological polar surface area (TPSA) is 136 Å². The first-order chi connectivity index (χ1) is 21.3. The third-order valence-electron chi connectivity index (χ3n) is 8.21. The zero-order chi connectivity index (χ0) is 30.5. The van der Waals surface area contributed by atoms with Gasteiger partial charge in [-0.3, -0.25) is 19.1 Å². The quantitative estimate of drug-likeness (QED) is 0.275. The van der Waals surface area contributed by atoms with Gasteiger partial charge in [-0.15, -0.1) is 0 Å². The minimum absolute atomic E-state index is 0.00256. The molecule has 3 amide bonds. The molecule has 44 heavy (non-hydrogen) atoms. The average molecular weight is 610 g/mol. The Morgan fingerprint density at radius 2 is 1.75 bits per heavy atom. The summed E-state index contributed by atoms with van der Waals surface area (Å²) in [6.07, 6.45) is 4.49. The van der Waals surface area contributed by atoms with Gasteiger partial charge in [0, 0.05) is 45.5 Å². The van der Waals surface area contributed by atoms with E-state index in [1.54, 1.807) is 78.0 Å². The normalized spacial score (nSPS) is 18.7. The second-order valence-corrected chi connectivity index (χ2v) is 11.3. The molecular weight excluding hydrogens is 585 g/mol. The second-order valence-electron chi connectivity index (χ2n) is 10.9. The zero-order valence-electron chi connectivity index (χ0n) is 23.2. The first-order valence-corrected chi connectivity index (χ1v) is 14.4. The van der Waals surface area contributed by atoms with Crippen LogP contribution in [-0.2, 0) is 16.1 Å². The molecule has 0 bridgehead atoms. The van der Waals surface area contributed by atoms with E-state index in [1.807, 2.05) is 0 Å². The van der Waals surface area contributed by atoms with Crippen molar-refractivity contribution in [3.63, 3.8) is 0 Å². The molecule has 3 atom stereocenters. The van der Waals surface area contributed by atoms with Gasteiger partial charge in [0.1, 0.15) is 12.6 Å². The summed E-state index contributed by atoms with van der Waals surface area (Å²) < 4.78 is 17.0. The van der Waals surface area contributed by atoms with Gasteiger partial charge in [-0.1, -0.05) is 41.9 Å². The Bertz CT molecular complexity index is 1960. The molecule has 10 nitrogen and oxygen atoms in total. The highest BCUT2D eigenvalue weighted by molar-refractivity contribution is 6.33. The smallest absolute Gasteiger partial charge is 0.269 e. The number of primary amides is 1. The van der Waals surface area contributed by atoms with Crippen LogP contribution in [0.15, 0.2) is 79.1 Å². The Labute approximate surface area is 255 Å². The monoisotopic (exact) mass is 609 g/mol. The number of rotatable bonds is 7. The second kappa shape index (κ2) is 10.8. The van der Waals surface area contributed by atoms with Gasteiger partial charge in [-0.2, -0.15) is 5.10 Å². The lowest BCUT2D eigenvalue weighted by Gasteiger charge is -2.27. The van der Waals surface area contributed by atoms with Crippen LogP contribution in [-0.4, -0.2) is 54.5 Å². The molecule has 2 aromatic heterocycles. The van der Waals surface area contributed by atoms with Gasteiger partial charge in [0.05, 0.1) is 11.2 Å². The highest BCUT2D eigenvalue weighted by Crippen LogP contribution is 2.48. The van der Waals surface area contributed by atoms with E-state index >= 15 is 4.39 Å². The van der Waals surface area contributed by atoms with Crippen LogP contribution in [0.3, 0.4) is 0 Å². The summed E-state index contributed by atoms with van der Waals surface area (Å²) in [6.45, 7) is -0.214. The average Bonchev–Trinajstić information content (AvgIpc) is 3.53. The predicted molar refractivity (Wildman–Crippen MR) is 162 cm³/mol. The highest BCUT2D eigenvalue weighted by atomic mass is 35.5. The van der Waals surface area contributed by atoms with E-state index in [-0.39, 0.29) is 41.4 Å². The van der Waals surface area contributed by atoms with Gasteiger partial charge in [0.25, 0.3) is 5.91 Å². The van der Waals surface area contributed by atoms with E-state index in [1.165, 1.54) is 10.7 Å². The first kappa shape index (κ1) is 27.7. The molecule has 3 N–H and O–H groups in total. The van der Waals surface area contributed by atoms with E-state index in [2.05, 4.69) is 20.4 Å². The number of amides is 3. The third kappa shape index (κ3) is 4.84. The fourth-order valence-corrected chi connectivity index (χ4v) is 6.30. The minimum atomic E-state index is -0.783. The number of carbonyl (C=O) groups excluding carboxylic acids is 3. The van der Waals surface area contributed by atoms with Crippen LogP contribution in [0.5, 0.6) is 0 Å². The lowest BCUT2D eigenvalue weighted by Crippen LogP contribution is -2.46. The number of anilines is 1. The number of benzene rings is 3. The lowest BCUT2D eigenvalue weighted by atomic mass is 10.0. The number of aromatic nitrogens is 4. The third-order valence-corrected chi connectivity index (χ3v) is 8.54. The number of piperidine rings is 1. The summed E-state index contributed by atoms with van der Waals surface area (Å²) in [5.74, 6) is -1.51. The zero-order valence-corrected chi connectivity index (χ0v) is 23.9. The van der Waals surface area contributed by atoms with Crippen LogP contribution >= 0.6 is 11.6 Å². The van der Waals surface area contributed by atoms with Crippen LogP contribution in [0.1, 0.15) is 23.3 Å². The largest absolute Gasteiger partial charge is 0.364 e. The molecule has 1 aliphatic carbocycles. The number of likely N-dealkylation sites (tertiary alicyclic amines) is 1. The Kier molecular flexibility index (Phi) is 6.81. The summed E-state index contributed by atoms with van der Waals surface area (Å²) in [4.78, 5) is 49.6. The molecule has 0 radical (unpaired) electrons. The van der Waals surface area contributed by atoms with E-state index in [0.29, 0.717) is 39.3 Å². The first-order valence-electron chi connectivity index (χ1n) is 14.0. The van der Waals surface area contributed by atoms with Gasteiger partial charge < -0.3 is 16.0 Å². The van der Waals surface area contributed by atoms with Crippen LogP contribution in [0.25, 0.3) is 33.4 Å². The number of nitrogens with one attached hydrogen (secondary N) is 1. The van der Waals surface area contributed by atoms with E-state index in [4.69, 9.17) is 17.3 Å². The van der Waals surface area contributed by atoms with Crippen LogP contribution in [0.4, 0.5) is 10.1 Å². The van der Waals surface area contributed by atoms with Crippen molar-refractivity contribution in [2.45, 2.75) is 31.5 Å². The summed E-state index contributed by atoms with van der Waals surface area (Å²) in [6, 6.07) is 17.6. The standard InChI is InChI=1S/C32H25ClFN7O3/c33-22-7-2-1-5-19(22)20-6-3-8-23(28(20)34)38-32(44)26-15-18-14-25(18)41(26)27(42)16-40-24-10-9-17(31-36-11-4-12-37-31)13-21(24)29(39-40)30(35)43/h1-13,18,25-26H,14-16H2,(H2,35,43)(H,38,44)/t18-,25-,26+/m1/s1. The van der Waals surface area contributed by atoms with Crippen molar-refractivity contribution in [1.29, 1.82) is 0 Å². The van der Waals surface area contributed by atoms with Crippen molar-refractivity contribution in [3.05, 3.63) is 95.7 Å². The maximum atomic E-state index is 15.6. The molecule has 220 valence electrons. The van der Waals surface area contributed by atoms with Crippen molar-refractivity contribution in [2.24, 2.45) is 11.7 Å². The molecular formula is C32H25ClFN7O3. The Morgan fingerprint density at radius 1 is 0.977 bits per heavy atom. The van der Waals surface area contributed by atoms with E-state index in [9.17, 15) is 14.4 Å². The van der Waals surface area contributed by atoms with Crippen molar-refractivity contribution < 1.29 is 18.8 Å². The van der Waals surface area contributed by atoms with E-state index < -0.39 is 23.7 Å². The van der Waals surface area contributed by atoms with Gasteiger partial charge in [-0.25, -0.2) is 14.4 Å². The molecule has 2 fully saturated rings. The predicted octanol–water partition coefficient (Wildman–Crippen LogP) is 4.68. The molecule has 0 unspecified atom stereocenters. The van der Waals surface area contributed by atoms with Gasteiger partial charge in [0.2, 0.25) is 11.8 Å². The number of nitrogens with two attached hydrogens (primary N) is 1. The molecule has 1 aliphatic heterocycles. The van der Waals surface area contributed by atoms with Crippen molar-refractivity contribution in [3.8, 4) is 22.5 Å². The summed E-state index contributed by atoms with van der Waals surface area (Å²) >= 11 is 6.29. The molecule has 5 aromatic rings. The summed E-state index contributed by atoms with van der Waals surface area (Å²) in [5.41, 5.74) is 7.60. The number of fused-ring (bicyclic) bond motifs is 2. The Balaban J connectivity index is 1.14. The lowest BCUT2D eigenvalue weighted by molar-refractivity contribution is -0.138. The Hall–Kier alpha value is -5.16. The number of hydrogen-bond donors (Lipinski definition) is 2. The molecule has 1 saturated heterocycles. The molecule has 12 heteroatoms. The minimum Gasteiger partial charge on any atom is -0.364 e. The van der Waals surface area contributed by atoms with Crippen LogP contribution in [0.2, 0.25) is 5.02 Å². The highest BCUT2D eigenvalue weighted by Gasteiger charge is 2.56. The number of hydrogen-bond acceptors (Lipinski definition) is 6. The molecule has 3 heterocycles. The summed E-state index contributed by atoms with van der Waals surface area (Å²) in [7, 11) is 0. The molecule has 0 spiro atoms. The van der Waals surface area contributed by atoms with Gasteiger partial charge in [-0.05, 0) is 55.2 Å². The van der Waals surface area contributed by atoms with Crippen LogP contribution in [0, 0.1) is 11.7 Å². The van der Waals surface area contributed by atoms with Crippen molar-refractivity contribution in [2.75, 3.05) is 5.32 Å². The number of halogens is 2. The fourth-order valence-electron chi connectivity index (χ4n) is 6.06. The SMILES string of the molecule is NC(=O)c1nn(CC(=O)N2[C@@H]3C[C@@H]3C[C@H]2C(=O)Nc2cccc(-c3ccccc3Cl)c2F)c2ccc(-c3ncccn3)cc12. The maximum absolute atomic E-state index is 15.6. The van der Waals surface area contributed by atoms with Crippen LogP contribution < -0.4 is 11.1 Å².